The minimum absolute atomic E-state index is 0.270. The van der Waals surface area contributed by atoms with Crippen LogP contribution in [0, 0.1) is 0 Å². The molecule has 0 saturated carbocycles. The zero-order valence-corrected chi connectivity index (χ0v) is 13.8. The molecule has 118 valence electrons. The molecule has 22 heavy (non-hydrogen) atoms. The third-order valence-corrected chi connectivity index (χ3v) is 4.53. The highest BCUT2D eigenvalue weighted by Crippen LogP contribution is 2.38. The molecule has 0 radical (unpaired) electrons. The first-order valence-electron chi connectivity index (χ1n) is 7.13. The van der Waals surface area contributed by atoms with Crippen molar-refractivity contribution in [2.75, 3.05) is 25.6 Å². The summed E-state index contributed by atoms with van der Waals surface area (Å²) in [5.74, 6) is 0.706. The first-order chi connectivity index (χ1) is 10.6. The third kappa shape index (κ3) is 2.26. The van der Waals surface area contributed by atoms with E-state index < -0.39 is 5.41 Å². The quantitative estimate of drug-likeness (QED) is 0.828. The lowest BCUT2D eigenvalue weighted by Gasteiger charge is -2.33. The molecule has 1 fully saturated rings. The number of esters is 1. The van der Waals surface area contributed by atoms with Crippen molar-refractivity contribution in [3.8, 4) is 0 Å². The molecule has 2 N–H and O–H groups in total. The number of carbonyl (C=O) groups excluding carboxylic acids is 1. The SMILES string of the molecule is CCOC(=O)C1(c2nc(Br)c3c(N)nccn23)CCOCC1. The van der Waals surface area contributed by atoms with Crippen molar-refractivity contribution >= 4 is 33.2 Å². The summed E-state index contributed by atoms with van der Waals surface area (Å²) in [4.78, 5) is 21.3. The van der Waals surface area contributed by atoms with Crippen LogP contribution in [-0.4, -0.2) is 40.2 Å². The normalized spacial score (nSPS) is 17.5. The highest BCUT2D eigenvalue weighted by Gasteiger charge is 2.47. The standard InChI is InChI=1S/C14H17BrN4O3/c1-2-22-13(20)14(3-7-21-8-4-14)12-18-10(15)9-11(16)17-5-6-19(9)12/h5-6H,2-4,7-8H2,1H3,(H2,16,17). The summed E-state index contributed by atoms with van der Waals surface area (Å²) in [5, 5.41) is 0. The molecule has 3 heterocycles. The molecule has 0 unspecified atom stereocenters. The van der Waals surface area contributed by atoms with Crippen LogP contribution in [0.1, 0.15) is 25.6 Å². The van der Waals surface area contributed by atoms with E-state index in [2.05, 4.69) is 25.9 Å². The van der Waals surface area contributed by atoms with Gasteiger partial charge < -0.3 is 15.2 Å². The topological polar surface area (TPSA) is 91.7 Å². The molecule has 3 rings (SSSR count). The average Bonchev–Trinajstić information content (AvgIpc) is 2.87. The summed E-state index contributed by atoms with van der Waals surface area (Å²) in [6.45, 7) is 3.11. The highest BCUT2D eigenvalue weighted by atomic mass is 79.9. The van der Waals surface area contributed by atoms with Crippen molar-refractivity contribution < 1.29 is 14.3 Å². The van der Waals surface area contributed by atoms with E-state index in [4.69, 9.17) is 15.2 Å². The molecule has 0 spiro atoms. The molecule has 1 saturated heterocycles. The Morgan fingerprint density at radius 1 is 1.55 bits per heavy atom. The van der Waals surface area contributed by atoms with E-state index in [0.29, 0.717) is 54.4 Å². The Kier molecular flexibility index (Phi) is 4.05. The Bertz CT molecular complexity index is 709. The number of hydrogen-bond donors (Lipinski definition) is 1. The van der Waals surface area contributed by atoms with Crippen LogP contribution in [0.15, 0.2) is 17.0 Å². The van der Waals surface area contributed by atoms with Gasteiger partial charge in [-0.05, 0) is 35.7 Å². The van der Waals surface area contributed by atoms with E-state index >= 15 is 0 Å². The van der Waals surface area contributed by atoms with Gasteiger partial charge in [0.25, 0.3) is 0 Å². The Labute approximate surface area is 135 Å². The number of fused-ring (bicyclic) bond motifs is 1. The second-order valence-corrected chi connectivity index (χ2v) is 5.92. The molecule has 8 heteroatoms. The fraction of sp³-hybridized carbons (Fsp3) is 0.500. The summed E-state index contributed by atoms with van der Waals surface area (Å²) < 4.78 is 13.1. The van der Waals surface area contributed by atoms with Gasteiger partial charge in [-0.15, -0.1) is 0 Å². The molecule has 1 aliphatic heterocycles. The van der Waals surface area contributed by atoms with Crippen molar-refractivity contribution in [1.29, 1.82) is 0 Å². The van der Waals surface area contributed by atoms with Crippen molar-refractivity contribution in [3.63, 3.8) is 0 Å². The second-order valence-electron chi connectivity index (χ2n) is 5.17. The van der Waals surface area contributed by atoms with Crippen LogP contribution in [0.25, 0.3) is 5.52 Å². The number of anilines is 1. The fourth-order valence-corrected chi connectivity index (χ4v) is 3.43. The number of nitrogens with zero attached hydrogens (tertiary/aromatic N) is 3. The van der Waals surface area contributed by atoms with Crippen molar-refractivity contribution in [2.45, 2.75) is 25.2 Å². The predicted octanol–water partition coefficient (Wildman–Crippen LogP) is 1.69. The monoisotopic (exact) mass is 368 g/mol. The van der Waals surface area contributed by atoms with E-state index in [1.54, 1.807) is 19.3 Å². The summed E-state index contributed by atoms with van der Waals surface area (Å²) in [7, 11) is 0. The van der Waals surface area contributed by atoms with Crippen molar-refractivity contribution in [2.24, 2.45) is 0 Å². The summed E-state index contributed by atoms with van der Waals surface area (Å²) in [6, 6.07) is 0. The summed E-state index contributed by atoms with van der Waals surface area (Å²) in [5.41, 5.74) is 5.77. The number of hydrogen-bond acceptors (Lipinski definition) is 6. The van der Waals surface area contributed by atoms with Crippen LogP contribution in [0.2, 0.25) is 0 Å². The van der Waals surface area contributed by atoms with E-state index in [9.17, 15) is 4.79 Å². The van der Waals surface area contributed by atoms with Gasteiger partial charge in [0.2, 0.25) is 0 Å². The molecule has 2 aromatic rings. The van der Waals surface area contributed by atoms with Gasteiger partial charge in [0, 0.05) is 25.6 Å². The number of carbonyl (C=O) groups is 1. The van der Waals surface area contributed by atoms with Crippen molar-refractivity contribution in [1.82, 2.24) is 14.4 Å². The highest BCUT2D eigenvalue weighted by molar-refractivity contribution is 9.10. The smallest absolute Gasteiger partial charge is 0.319 e. The minimum atomic E-state index is -0.822. The molecule has 2 aromatic heterocycles. The van der Waals surface area contributed by atoms with Gasteiger partial charge in [-0.25, -0.2) is 9.97 Å². The number of halogens is 1. The molecule has 0 atom stereocenters. The number of nitrogens with two attached hydrogens (primary N) is 1. The molecule has 0 aliphatic carbocycles. The van der Waals surface area contributed by atoms with Gasteiger partial charge in [0.05, 0.1) is 6.61 Å². The molecule has 1 aliphatic rings. The lowest BCUT2D eigenvalue weighted by molar-refractivity contribution is -0.154. The minimum Gasteiger partial charge on any atom is -0.465 e. The number of imidazole rings is 1. The van der Waals surface area contributed by atoms with Gasteiger partial charge in [-0.2, -0.15) is 0 Å². The fourth-order valence-electron chi connectivity index (χ4n) is 2.87. The van der Waals surface area contributed by atoms with Gasteiger partial charge in [0.1, 0.15) is 21.4 Å². The van der Waals surface area contributed by atoms with E-state index in [-0.39, 0.29) is 5.97 Å². The van der Waals surface area contributed by atoms with Gasteiger partial charge in [-0.1, -0.05) is 0 Å². The van der Waals surface area contributed by atoms with Gasteiger partial charge in [-0.3, -0.25) is 9.20 Å². The zero-order valence-electron chi connectivity index (χ0n) is 12.2. The average molecular weight is 369 g/mol. The van der Waals surface area contributed by atoms with Crippen LogP contribution in [0.4, 0.5) is 5.82 Å². The van der Waals surface area contributed by atoms with Crippen LogP contribution in [0.5, 0.6) is 0 Å². The maximum atomic E-state index is 12.7. The number of aromatic nitrogens is 3. The molecule has 0 bridgehead atoms. The van der Waals surface area contributed by atoms with Crippen LogP contribution >= 0.6 is 15.9 Å². The van der Waals surface area contributed by atoms with E-state index in [1.165, 1.54) is 0 Å². The largest absolute Gasteiger partial charge is 0.465 e. The Morgan fingerprint density at radius 3 is 2.95 bits per heavy atom. The second kappa shape index (κ2) is 5.85. The van der Waals surface area contributed by atoms with Gasteiger partial charge >= 0.3 is 5.97 Å². The lowest BCUT2D eigenvalue weighted by atomic mass is 9.79. The zero-order chi connectivity index (χ0) is 15.7. The molecule has 0 amide bonds. The Morgan fingerprint density at radius 2 is 2.27 bits per heavy atom. The van der Waals surface area contributed by atoms with Crippen LogP contribution in [-0.2, 0) is 19.7 Å². The molecular weight excluding hydrogens is 352 g/mol. The number of ether oxygens (including phenoxy) is 2. The molecule has 0 aromatic carbocycles. The van der Waals surface area contributed by atoms with Crippen molar-refractivity contribution in [3.05, 3.63) is 22.8 Å². The molecular formula is C14H17BrN4O3. The maximum absolute atomic E-state index is 12.7. The predicted molar refractivity (Wildman–Crippen MR) is 83.5 cm³/mol. The Hall–Kier alpha value is -1.67. The first-order valence-corrected chi connectivity index (χ1v) is 7.93. The summed E-state index contributed by atoms with van der Waals surface area (Å²) >= 11 is 3.41. The number of nitrogen functional groups attached to an aromatic ring is 1. The Balaban J connectivity index is 2.21. The molecule has 7 nitrogen and oxygen atoms in total. The third-order valence-electron chi connectivity index (χ3n) is 3.98. The number of rotatable bonds is 3. The maximum Gasteiger partial charge on any atom is 0.319 e. The lowest BCUT2D eigenvalue weighted by Crippen LogP contribution is -2.44. The first kappa shape index (κ1) is 15.2. The summed E-state index contributed by atoms with van der Waals surface area (Å²) in [6.07, 6.45) is 4.41. The van der Waals surface area contributed by atoms with Crippen LogP contribution < -0.4 is 5.73 Å². The van der Waals surface area contributed by atoms with E-state index in [1.807, 2.05) is 4.40 Å². The van der Waals surface area contributed by atoms with Crippen LogP contribution in [0.3, 0.4) is 0 Å². The van der Waals surface area contributed by atoms with Gasteiger partial charge in [0.15, 0.2) is 5.82 Å². The van der Waals surface area contributed by atoms with E-state index in [0.717, 1.165) is 0 Å².